The summed E-state index contributed by atoms with van der Waals surface area (Å²) in [6.45, 7) is 5.17. The van der Waals surface area contributed by atoms with Crippen LogP contribution in [0.25, 0.3) is 0 Å². The molecule has 0 N–H and O–H groups in total. The lowest BCUT2D eigenvalue weighted by molar-refractivity contribution is 0.203. The van der Waals surface area contributed by atoms with Gasteiger partial charge >= 0.3 is 0 Å². The van der Waals surface area contributed by atoms with Gasteiger partial charge in [-0.05, 0) is 17.8 Å². The van der Waals surface area contributed by atoms with E-state index in [1.54, 1.807) is 7.11 Å². The third-order valence-electron chi connectivity index (χ3n) is 1.61. The monoisotopic (exact) mass is 220 g/mol. The maximum absolute atomic E-state index is 4.98. The SMILES string of the molecule is CCC/C(C)=C(/Br)CCOC. The van der Waals surface area contributed by atoms with Crippen LogP contribution in [0.15, 0.2) is 10.1 Å². The van der Waals surface area contributed by atoms with Gasteiger partial charge in [0.2, 0.25) is 0 Å². The summed E-state index contributed by atoms with van der Waals surface area (Å²) in [6, 6.07) is 0. The van der Waals surface area contributed by atoms with Crippen molar-refractivity contribution in [1.82, 2.24) is 0 Å². The second-order valence-corrected chi connectivity index (χ2v) is 3.64. The van der Waals surface area contributed by atoms with Crippen molar-refractivity contribution in [2.75, 3.05) is 13.7 Å². The maximum Gasteiger partial charge on any atom is 0.0507 e. The Kier molecular flexibility index (Phi) is 6.98. The molecule has 0 saturated heterocycles. The molecule has 0 fully saturated rings. The lowest BCUT2D eigenvalue weighted by Gasteiger charge is -2.03. The van der Waals surface area contributed by atoms with E-state index in [0.29, 0.717) is 0 Å². The lowest BCUT2D eigenvalue weighted by atomic mass is 10.1. The summed E-state index contributed by atoms with van der Waals surface area (Å²) in [7, 11) is 1.73. The van der Waals surface area contributed by atoms with Gasteiger partial charge in [0.15, 0.2) is 0 Å². The molecular formula is C9H17BrO. The molecule has 0 rings (SSSR count). The van der Waals surface area contributed by atoms with E-state index in [9.17, 15) is 0 Å². The highest BCUT2D eigenvalue weighted by Crippen LogP contribution is 2.19. The van der Waals surface area contributed by atoms with Crippen LogP contribution < -0.4 is 0 Å². The molecule has 0 aliphatic rings. The van der Waals surface area contributed by atoms with E-state index in [4.69, 9.17) is 4.74 Å². The van der Waals surface area contributed by atoms with Gasteiger partial charge < -0.3 is 4.74 Å². The molecule has 0 aromatic heterocycles. The molecule has 0 aliphatic carbocycles. The minimum Gasteiger partial charge on any atom is -0.384 e. The predicted molar refractivity (Wildman–Crippen MR) is 53.0 cm³/mol. The summed E-state index contributed by atoms with van der Waals surface area (Å²) in [5.41, 5.74) is 1.45. The maximum atomic E-state index is 4.98. The van der Waals surface area contributed by atoms with Gasteiger partial charge in [0.1, 0.15) is 0 Å². The van der Waals surface area contributed by atoms with Gasteiger partial charge in [0, 0.05) is 13.5 Å². The topological polar surface area (TPSA) is 9.23 Å². The number of rotatable bonds is 5. The minimum absolute atomic E-state index is 0.807. The number of hydrogen-bond acceptors (Lipinski definition) is 1. The molecule has 0 heterocycles. The molecule has 0 bridgehead atoms. The fraction of sp³-hybridized carbons (Fsp3) is 0.778. The first-order valence-electron chi connectivity index (χ1n) is 4.05. The smallest absolute Gasteiger partial charge is 0.0507 e. The minimum atomic E-state index is 0.807. The predicted octanol–water partition coefficient (Wildman–Crippen LogP) is 3.49. The third kappa shape index (κ3) is 5.45. The number of ether oxygens (including phenoxy) is 1. The Bertz CT molecular complexity index is 130. The summed E-state index contributed by atoms with van der Waals surface area (Å²) in [6.07, 6.45) is 3.40. The van der Waals surface area contributed by atoms with Gasteiger partial charge in [-0.25, -0.2) is 0 Å². The Morgan fingerprint density at radius 3 is 2.45 bits per heavy atom. The molecule has 11 heavy (non-hydrogen) atoms. The quantitative estimate of drug-likeness (QED) is 0.690. The van der Waals surface area contributed by atoms with Crippen molar-refractivity contribution in [1.29, 1.82) is 0 Å². The highest BCUT2D eigenvalue weighted by atomic mass is 79.9. The first-order valence-corrected chi connectivity index (χ1v) is 4.84. The molecular weight excluding hydrogens is 204 g/mol. The van der Waals surface area contributed by atoms with Crippen LogP contribution in [0.1, 0.15) is 33.1 Å². The first kappa shape index (κ1) is 11.2. The number of allylic oxidation sites excluding steroid dienone is 1. The van der Waals surface area contributed by atoms with Crippen molar-refractivity contribution in [3.8, 4) is 0 Å². The Hall–Kier alpha value is 0.180. The van der Waals surface area contributed by atoms with Gasteiger partial charge in [0.05, 0.1) is 6.61 Å². The van der Waals surface area contributed by atoms with E-state index in [0.717, 1.165) is 13.0 Å². The summed E-state index contributed by atoms with van der Waals surface area (Å²) in [4.78, 5) is 0. The van der Waals surface area contributed by atoms with E-state index in [1.807, 2.05) is 0 Å². The molecule has 0 radical (unpaired) electrons. The number of halogens is 1. The number of methoxy groups -OCH3 is 1. The highest BCUT2D eigenvalue weighted by Gasteiger charge is 1.97. The molecule has 66 valence electrons. The molecule has 0 aromatic rings. The molecule has 0 unspecified atom stereocenters. The van der Waals surface area contributed by atoms with E-state index in [-0.39, 0.29) is 0 Å². The van der Waals surface area contributed by atoms with Gasteiger partial charge in [-0.1, -0.05) is 34.8 Å². The van der Waals surface area contributed by atoms with Gasteiger partial charge in [-0.2, -0.15) is 0 Å². The van der Waals surface area contributed by atoms with Crippen LogP contribution in [0.3, 0.4) is 0 Å². The van der Waals surface area contributed by atoms with Crippen molar-refractivity contribution in [3.05, 3.63) is 10.1 Å². The lowest BCUT2D eigenvalue weighted by Crippen LogP contribution is -1.90. The van der Waals surface area contributed by atoms with Crippen LogP contribution in [-0.2, 0) is 4.74 Å². The molecule has 0 saturated carbocycles. The largest absolute Gasteiger partial charge is 0.384 e. The van der Waals surface area contributed by atoms with Crippen molar-refractivity contribution in [2.24, 2.45) is 0 Å². The van der Waals surface area contributed by atoms with E-state index < -0.39 is 0 Å². The average molecular weight is 221 g/mol. The van der Waals surface area contributed by atoms with E-state index in [2.05, 4.69) is 29.8 Å². The summed E-state index contributed by atoms with van der Waals surface area (Å²) in [5.74, 6) is 0. The van der Waals surface area contributed by atoms with Crippen LogP contribution in [0, 0.1) is 0 Å². The molecule has 0 aliphatic heterocycles. The Morgan fingerprint density at radius 2 is 2.00 bits per heavy atom. The second-order valence-electron chi connectivity index (χ2n) is 2.68. The van der Waals surface area contributed by atoms with Crippen molar-refractivity contribution >= 4 is 15.9 Å². The molecule has 0 spiro atoms. The van der Waals surface area contributed by atoms with Crippen LogP contribution >= 0.6 is 15.9 Å². The van der Waals surface area contributed by atoms with E-state index in [1.165, 1.54) is 22.9 Å². The normalized spacial score (nSPS) is 13.1. The second kappa shape index (κ2) is 6.86. The Labute approximate surface area is 78.0 Å². The molecule has 2 heteroatoms. The summed E-state index contributed by atoms with van der Waals surface area (Å²) < 4.78 is 6.28. The summed E-state index contributed by atoms with van der Waals surface area (Å²) >= 11 is 3.54. The zero-order valence-corrected chi connectivity index (χ0v) is 9.20. The van der Waals surface area contributed by atoms with Crippen molar-refractivity contribution in [3.63, 3.8) is 0 Å². The van der Waals surface area contributed by atoms with E-state index >= 15 is 0 Å². The highest BCUT2D eigenvalue weighted by molar-refractivity contribution is 9.11. The van der Waals surface area contributed by atoms with Gasteiger partial charge in [0.25, 0.3) is 0 Å². The molecule has 0 atom stereocenters. The molecule has 1 nitrogen and oxygen atoms in total. The molecule has 0 aromatic carbocycles. The molecule has 0 amide bonds. The summed E-state index contributed by atoms with van der Waals surface area (Å²) in [5, 5.41) is 0. The fourth-order valence-electron chi connectivity index (χ4n) is 0.916. The average Bonchev–Trinajstić information content (AvgIpc) is 2.00. The van der Waals surface area contributed by atoms with Crippen molar-refractivity contribution in [2.45, 2.75) is 33.1 Å². The van der Waals surface area contributed by atoms with Crippen LogP contribution in [0.4, 0.5) is 0 Å². The fourth-order valence-corrected chi connectivity index (χ4v) is 1.28. The third-order valence-corrected chi connectivity index (χ3v) is 2.69. The van der Waals surface area contributed by atoms with Gasteiger partial charge in [-0.15, -0.1) is 0 Å². The standard InChI is InChI=1S/C9H17BrO/c1-4-5-8(2)9(10)6-7-11-3/h4-7H2,1-3H3/b9-8+. The van der Waals surface area contributed by atoms with Crippen molar-refractivity contribution < 1.29 is 4.74 Å². The van der Waals surface area contributed by atoms with Gasteiger partial charge in [-0.3, -0.25) is 0 Å². The number of hydrogen-bond donors (Lipinski definition) is 0. The Balaban J connectivity index is 3.73. The van der Waals surface area contributed by atoms with Crippen LogP contribution in [-0.4, -0.2) is 13.7 Å². The van der Waals surface area contributed by atoms with Crippen LogP contribution in [0.5, 0.6) is 0 Å². The zero-order chi connectivity index (χ0) is 8.69. The zero-order valence-electron chi connectivity index (χ0n) is 7.61. The first-order chi connectivity index (χ1) is 5.22. The van der Waals surface area contributed by atoms with Crippen LogP contribution in [0.2, 0.25) is 0 Å². The Morgan fingerprint density at radius 1 is 1.36 bits per heavy atom.